The SMILES string of the molecule is CCOC(Cn1cc(C(=O)NC(c2ccccc2)C2CC2)nn1)OCC. The first-order valence-electron chi connectivity index (χ1n) is 9.20. The Morgan fingerprint density at radius 2 is 1.92 bits per heavy atom. The number of amides is 1. The van der Waals surface area contributed by atoms with Gasteiger partial charge in [-0.05, 0) is 38.2 Å². The predicted molar refractivity (Wildman–Crippen MR) is 96.4 cm³/mol. The van der Waals surface area contributed by atoms with Gasteiger partial charge in [0, 0.05) is 13.2 Å². The van der Waals surface area contributed by atoms with Crippen molar-refractivity contribution in [1.29, 1.82) is 0 Å². The van der Waals surface area contributed by atoms with Gasteiger partial charge in [0.05, 0.1) is 18.8 Å². The van der Waals surface area contributed by atoms with Gasteiger partial charge in [0.1, 0.15) is 0 Å². The van der Waals surface area contributed by atoms with E-state index in [0.717, 1.165) is 18.4 Å². The number of nitrogens with one attached hydrogen (secondary N) is 1. The Bertz CT molecular complexity index is 694. The number of hydrogen-bond acceptors (Lipinski definition) is 5. The monoisotopic (exact) mass is 358 g/mol. The van der Waals surface area contributed by atoms with Crippen molar-refractivity contribution < 1.29 is 14.3 Å². The lowest BCUT2D eigenvalue weighted by molar-refractivity contribution is -0.145. The quantitative estimate of drug-likeness (QED) is 0.661. The Hall–Kier alpha value is -2.25. The van der Waals surface area contributed by atoms with Crippen LogP contribution in [-0.4, -0.2) is 40.4 Å². The summed E-state index contributed by atoms with van der Waals surface area (Å²) >= 11 is 0. The number of carbonyl (C=O) groups excluding carboxylic acids is 1. The van der Waals surface area contributed by atoms with Crippen LogP contribution in [0.15, 0.2) is 36.5 Å². The summed E-state index contributed by atoms with van der Waals surface area (Å²) in [5, 5.41) is 11.1. The second kappa shape index (κ2) is 8.91. The second-order valence-electron chi connectivity index (χ2n) is 6.37. The molecule has 0 aliphatic heterocycles. The standard InChI is InChI=1S/C19H26N4O3/c1-3-25-17(26-4-2)13-23-12-16(21-22-23)19(24)20-18(15-10-11-15)14-8-6-5-7-9-14/h5-9,12,15,17-18H,3-4,10-11,13H2,1-2H3,(H,20,24). The number of benzene rings is 1. The molecule has 1 unspecified atom stereocenters. The second-order valence-corrected chi connectivity index (χ2v) is 6.37. The Kier molecular flexibility index (Phi) is 6.35. The van der Waals surface area contributed by atoms with Crippen LogP contribution in [0.5, 0.6) is 0 Å². The number of aromatic nitrogens is 3. The molecular weight excluding hydrogens is 332 g/mol. The van der Waals surface area contributed by atoms with E-state index < -0.39 is 6.29 Å². The van der Waals surface area contributed by atoms with E-state index in [1.807, 2.05) is 32.0 Å². The lowest BCUT2D eigenvalue weighted by atomic mass is 10.0. The summed E-state index contributed by atoms with van der Waals surface area (Å²) in [7, 11) is 0. The summed E-state index contributed by atoms with van der Waals surface area (Å²) in [5.41, 5.74) is 1.43. The first-order valence-corrected chi connectivity index (χ1v) is 9.20. The molecule has 1 amide bonds. The molecule has 140 valence electrons. The summed E-state index contributed by atoms with van der Waals surface area (Å²) in [6, 6.07) is 10.1. The van der Waals surface area contributed by atoms with Gasteiger partial charge in [0.2, 0.25) is 0 Å². The average Bonchev–Trinajstić information content (AvgIpc) is 3.39. The van der Waals surface area contributed by atoms with Crippen LogP contribution in [0.3, 0.4) is 0 Å². The van der Waals surface area contributed by atoms with Crippen molar-refractivity contribution in [2.24, 2.45) is 5.92 Å². The fraction of sp³-hybridized carbons (Fsp3) is 0.526. The average molecular weight is 358 g/mol. The van der Waals surface area contributed by atoms with Gasteiger partial charge >= 0.3 is 0 Å². The van der Waals surface area contributed by atoms with Crippen LogP contribution >= 0.6 is 0 Å². The van der Waals surface area contributed by atoms with Crippen molar-refractivity contribution in [3.63, 3.8) is 0 Å². The van der Waals surface area contributed by atoms with E-state index in [2.05, 4.69) is 27.8 Å². The van der Waals surface area contributed by atoms with Crippen molar-refractivity contribution in [3.8, 4) is 0 Å². The van der Waals surface area contributed by atoms with Gasteiger partial charge in [-0.15, -0.1) is 5.10 Å². The zero-order valence-corrected chi connectivity index (χ0v) is 15.3. The van der Waals surface area contributed by atoms with E-state index >= 15 is 0 Å². The smallest absolute Gasteiger partial charge is 0.273 e. The number of ether oxygens (including phenoxy) is 2. The number of carbonyl (C=O) groups is 1. The van der Waals surface area contributed by atoms with Crippen molar-refractivity contribution in [2.75, 3.05) is 13.2 Å². The normalized spacial score (nSPS) is 15.2. The van der Waals surface area contributed by atoms with E-state index in [-0.39, 0.29) is 11.9 Å². The molecule has 1 aliphatic rings. The van der Waals surface area contributed by atoms with Crippen LogP contribution in [0.2, 0.25) is 0 Å². The number of nitrogens with zero attached hydrogens (tertiary/aromatic N) is 3. The van der Waals surface area contributed by atoms with Crippen LogP contribution < -0.4 is 5.32 Å². The lowest BCUT2D eigenvalue weighted by Gasteiger charge is -2.18. The summed E-state index contributed by atoms with van der Waals surface area (Å²) in [4.78, 5) is 12.6. The summed E-state index contributed by atoms with van der Waals surface area (Å²) in [5.74, 6) is 0.290. The predicted octanol–water partition coefficient (Wildman–Crippen LogP) is 2.56. The molecule has 1 saturated carbocycles. The van der Waals surface area contributed by atoms with Crippen LogP contribution in [0.25, 0.3) is 0 Å². The minimum Gasteiger partial charge on any atom is -0.351 e. The summed E-state index contributed by atoms with van der Waals surface area (Å²) < 4.78 is 12.6. The topological polar surface area (TPSA) is 78.3 Å². The van der Waals surface area contributed by atoms with E-state index in [9.17, 15) is 4.79 Å². The Labute approximate surface area is 153 Å². The Balaban J connectivity index is 1.63. The molecule has 0 bridgehead atoms. The van der Waals surface area contributed by atoms with Gasteiger partial charge in [-0.1, -0.05) is 35.5 Å². The van der Waals surface area contributed by atoms with Crippen LogP contribution in [0, 0.1) is 5.92 Å². The fourth-order valence-electron chi connectivity index (χ4n) is 2.95. The van der Waals surface area contributed by atoms with E-state index in [4.69, 9.17) is 9.47 Å². The molecule has 2 aromatic rings. The molecular formula is C19H26N4O3. The highest BCUT2D eigenvalue weighted by molar-refractivity contribution is 5.92. The van der Waals surface area contributed by atoms with E-state index in [1.54, 1.807) is 10.9 Å². The van der Waals surface area contributed by atoms with Gasteiger partial charge in [0.15, 0.2) is 12.0 Å². The maximum Gasteiger partial charge on any atom is 0.273 e. The highest BCUT2D eigenvalue weighted by atomic mass is 16.7. The zero-order chi connectivity index (χ0) is 18.4. The minimum atomic E-state index is -0.397. The van der Waals surface area contributed by atoms with Crippen molar-refractivity contribution in [2.45, 2.75) is 45.6 Å². The molecule has 1 atom stereocenters. The molecule has 1 aromatic carbocycles. The molecule has 1 aliphatic carbocycles. The molecule has 1 fully saturated rings. The molecule has 1 heterocycles. The molecule has 26 heavy (non-hydrogen) atoms. The largest absolute Gasteiger partial charge is 0.351 e. The molecule has 7 heteroatoms. The highest BCUT2D eigenvalue weighted by Gasteiger charge is 2.33. The molecule has 3 rings (SSSR count). The fourth-order valence-corrected chi connectivity index (χ4v) is 2.95. The lowest BCUT2D eigenvalue weighted by Crippen LogP contribution is -2.30. The summed E-state index contributed by atoms with van der Waals surface area (Å²) in [6.45, 7) is 5.31. The molecule has 0 saturated heterocycles. The third-order valence-electron chi connectivity index (χ3n) is 4.35. The van der Waals surface area contributed by atoms with Crippen molar-refractivity contribution in [1.82, 2.24) is 20.3 Å². The van der Waals surface area contributed by atoms with Crippen molar-refractivity contribution in [3.05, 3.63) is 47.8 Å². The number of rotatable bonds is 10. The van der Waals surface area contributed by atoms with E-state index in [0.29, 0.717) is 31.4 Å². The first kappa shape index (κ1) is 18.5. The third-order valence-corrected chi connectivity index (χ3v) is 4.35. The maximum absolute atomic E-state index is 12.6. The third kappa shape index (κ3) is 4.89. The molecule has 0 radical (unpaired) electrons. The summed E-state index contributed by atoms with van der Waals surface area (Å²) in [6.07, 6.45) is 3.51. The van der Waals surface area contributed by atoms with Crippen molar-refractivity contribution >= 4 is 5.91 Å². The first-order chi connectivity index (χ1) is 12.7. The molecule has 1 N–H and O–H groups in total. The zero-order valence-electron chi connectivity index (χ0n) is 15.3. The van der Waals surface area contributed by atoms with Gasteiger partial charge < -0.3 is 14.8 Å². The molecule has 7 nitrogen and oxygen atoms in total. The van der Waals surface area contributed by atoms with Gasteiger partial charge in [0.25, 0.3) is 5.91 Å². The molecule has 1 aromatic heterocycles. The van der Waals surface area contributed by atoms with Gasteiger partial charge in [-0.25, -0.2) is 4.68 Å². The highest BCUT2D eigenvalue weighted by Crippen LogP contribution is 2.41. The van der Waals surface area contributed by atoms with Gasteiger partial charge in [-0.2, -0.15) is 0 Å². The maximum atomic E-state index is 12.6. The minimum absolute atomic E-state index is 0.0217. The number of hydrogen-bond donors (Lipinski definition) is 1. The van der Waals surface area contributed by atoms with E-state index in [1.165, 1.54) is 0 Å². The van der Waals surface area contributed by atoms with Crippen LogP contribution in [-0.2, 0) is 16.0 Å². The van der Waals surface area contributed by atoms with Crippen LogP contribution in [0.4, 0.5) is 0 Å². The Morgan fingerprint density at radius 1 is 1.23 bits per heavy atom. The van der Waals surface area contributed by atoms with Gasteiger partial charge in [-0.3, -0.25) is 4.79 Å². The Morgan fingerprint density at radius 3 is 2.54 bits per heavy atom. The molecule has 0 spiro atoms. The van der Waals surface area contributed by atoms with Crippen LogP contribution in [0.1, 0.15) is 48.8 Å².